The first-order valence-electron chi connectivity index (χ1n) is 8.28. The van der Waals surface area contributed by atoms with Gasteiger partial charge in [-0.1, -0.05) is 30.3 Å². The number of hydrogen-bond acceptors (Lipinski definition) is 3. The van der Waals surface area contributed by atoms with Gasteiger partial charge in [-0.2, -0.15) is 0 Å². The third kappa shape index (κ3) is 4.62. The van der Waals surface area contributed by atoms with Crippen molar-refractivity contribution in [1.82, 2.24) is 4.72 Å². The quantitative estimate of drug-likeness (QED) is 0.779. The Morgan fingerprint density at radius 2 is 1.48 bits per heavy atom. The molecule has 2 rings (SSSR count). The van der Waals surface area contributed by atoms with E-state index in [1.165, 1.54) is 43.3 Å². The largest absolute Gasteiger partial charge is 0.242 e. The van der Waals surface area contributed by atoms with Crippen molar-refractivity contribution in [3.63, 3.8) is 0 Å². The Kier molecular flexibility index (Phi) is 6.23. The lowest BCUT2D eigenvalue weighted by molar-refractivity contribution is 0.261. The minimum atomic E-state index is -4.40. The van der Waals surface area contributed by atoms with Crippen molar-refractivity contribution in [2.24, 2.45) is 0 Å². The summed E-state index contributed by atoms with van der Waals surface area (Å²) in [6, 6.07) is 12.0. The van der Waals surface area contributed by atoms with Crippen molar-refractivity contribution >= 4 is 20.8 Å². The number of benzene rings is 2. The molecule has 3 atom stereocenters. The van der Waals surface area contributed by atoms with Crippen molar-refractivity contribution in [3.05, 3.63) is 66.0 Å². The van der Waals surface area contributed by atoms with E-state index in [1.54, 1.807) is 26.8 Å². The van der Waals surface area contributed by atoms with E-state index in [9.17, 15) is 17.0 Å². The Morgan fingerprint density at radius 3 is 1.96 bits per heavy atom. The zero-order chi connectivity index (χ0) is 20.5. The van der Waals surface area contributed by atoms with Crippen LogP contribution >= 0.6 is 0 Å². The maximum Gasteiger partial charge on any atom is 0.227 e. The topological polar surface area (TPSA) is 63.2 Å². The summed E-state index contributed by atoms with van der Waals surface area (Å²) in [5.41, 5.74) is -4.14. The second-order valence-corrected chi connectivity index (χ2v) is 11.3. The van der Waals surface area contributed by atoms with Crippen molar-refractivity contribution in [2.45, 2.75) is 48.4 Å². The third-order valence-corrected chi connectivity index (χ3v) is 7.77. The monoisotopic (exact) mass is 415 g/mol. The number of rotatable bonds is 6. The van der Waals surface area contributed by atoms with Gasteiger partial charge in [0, 0.05) is 0 Å². The Hall–Kier alpha value is -1.64. The maximum atomic E-state index is 15.6. The Morgan fingerprint density at radius 1 is 0.963 bits per heavy atom. The molecule has 8 heteroatoms. The van der Waals surface area contributed by atoms with E-state index in [1.807, 2.05) is 0 Å². The van der Waals surface area contributed by atoms with E-state index < -0.39 is 42.4 Å². The van der Waals surface area contributed by atoms with Gasteiger partial charge in [0.15, 0.2) is 0 Å². The molecule has 0 unspecified atom stereocenters. The van der Waals surface area contributed by atoms with Gasteiger partial charge < -0.3 is 0 Å². The van der Waals surface area contributed by atoms with Crippen molar-refractivity contribution < 1.29 is 21.4 Å². The Balaban J connectivity index is 2.58. The van der Waals surface area contributed by atoms with Crippen LogP contribution in [-0.4, -0.2) is 22.9 Å². The first-order chi connectivity index (χ1) is 12.4. The molecule has 148 valence electrons. The SMILES string of the molecule is CC(C)(C)[S@@](=O)N[C@](C)(c1ccc(F)cc1)[C@@H](F)S(=O)(=O)c1ccccc1. The average molecular weight is 416 g/mol. The van der Waals surface area contributed by atoms with Gasteiger partial charge in [-0.15, -0.1) is 0 Å². The van der Waals surface area contributed by atoms with Crippen molar-refractivity contribution in [3.8, 4) is 0 Å². The van der Waals surface area contributed by atoms with Gasteiger partial charge in [-0.3, -0.25) is 0 Å². The minimum absolute atomic E-state index is 0.175. The molecule has 0 spiro atoms. The first-order valence-corrected chi connectivity index (χ1v) is 11.0. The molecule has 0 aliphatic heterocycles. The highest BCUT2D eigenvalue weighted by molar-refractivity contribution is 7.92. The number of halogens is 2. The fourth-order valence-corrected chi connectivity index (χ4v) is 5.00. The van der Waals surface area contributed by atoms with Crippen LogP contribution in [0.3, 0.4) is 0 Å². The number of hydrogen-bond donors (Lipinski definition) is 1. The first kappa shape index (κ1) is 21.7. The highest BCUT2D eigenvalue weighted by Gasteiger charge is 2.47. The van der Waals surface area contributed by atoms with Gasteiger partial charge in [-0.25, -0.2) is 26.1 Å². The van der Waals surface area contributed by atoms with Crippen LogP contribution < -0.4 is 4.72 Å². The highest BCUT2D eigenvalue weighted by atomic mass is 32.2. The van der Waals surface area contributed by atoms with Crippen molar-refractivity contribution in [2.75, 3.05) is 0 Å². The summed E-state index contributed by atoms with van der Waals surface area (Å²) in [7, 11) is -6.18. The van der Waals surface area contributed by atoms with Crippen LogP contribution in [0.2, 0.25) is 0 Å². The van der Waals surface area contributed by atoms with E-state index in [2.05, 4.69) is 4.72 Å². The summed E-state index contributed by atoms with van der Waals surface area (Å²) in [6.45, 7) is 6.36. The van der Waals surface area contributed by atoms with Crippen LogP contribution in [0.15, 0.2) is 59.5 Å². The van der Waals surface area contributed by atoms with E-state index in [0.717, 1.165) is 12.1 Å². The molecule has 0 saturated heterocycles. The van der Waals surface area contributed by atoms with E-state index in [4.69, 9.17) is 0 Å². The lowest BCUT2D eigenvalue weighted by atomic mass is 9.94. The molecular formula is C19H23F2NO3S2. The molecule has 0 aliphatic rings. The smallest absolute Gasteiger partial charge is 0.227 e. The van der Waals surface area contributed by atoms with Crippen LogP contribution in [0.5, 0.6) is 0 Å². The summed E-state index contributed by atoms with van der Waals surface area (Å²) in [4.78, 5) is -0.186. The fourth-order valence-electron chi connectivity index (χ4n) is 2.42. The second kappa shape index (κ2) is 7.77. The van der Waals surface area contributed by atoms with Gasteiger partial charge in [0.1, 0.15) is 5.82 Å². The summed E-state index contributed by atoms with van der Waals surface area (Å²) < 4.78 is 69.2. The molecule has 0 bridgehead atoms. The van der Waals surface area contributed by atoms with Crippen LogP contribution in [0.25, 0.3) is 0 Å². The number of alkyl halides is 1. The lowest BCUT2D eigenvalue weighted by Gasteiger charge is -2.36. The van der Waals surface area contributed by atoms with Crippen LogP contribution in [0.1, 0.15) is 33.3 Å². The molecule has 27 heavy (non-hydrogen) atoms. The Labute approximate surface area is 161 Å². The summed E-state index contributed by atoms with van der Waals surface area (Å²) in [5.74, 6) is -0.542. The highest BCUT2D eigenvalue weighted by Crippen LogP contribution is 2.35. The van der Waals surface area contributed by atoms with E-state index in [-0.39, 0.29) is 10.5 Å². The fraction of sp³-hybridized carbons (Fsp3) is 0.368. The third-order valence-electron chi connectivity index (χ3n) is 4.10. The molecule has 4 nitrogen and oxygen atoms in total. The van der Waals surface area contributed by atoms with Crippen LogP contribution in [0.4, 0.5) is 8.78 Å². The number of nitrogens with one attached hydrogen (secondary N) is 1. The molecule has 0 heterocycles. The molecule has 2 aromatic rings. The van der Waals surface area contributed by atoms with Crippen molar-refractivity contribution in [1.29, 1.82) is 0 Å². The second-order valence-electron chi connectivity index (χ2n) is 7.37. The molecule has 2 aromatic carbocycles. The maximum absolute atomic E-state index is 15.6. The van der Waals surface area contributed by atoms with Crippen LogP contribution in [0, 0.1) is 5.82 Å². The summed E-state index contributed by atoms with van der Waals surface area (Å²) in [6.07, 6.45) is 0. The summed E-state index contributed by atoms with van der Waals surface area (Å²) >= 11 is 0. The molecule has 1 N–H and O–H groups in total. The molecule has 0 radical (unpaired) electrons. The number of sulfone groups is 1. The zero-order valence-corrected chi connectivity index (χ0v) is 17.2. The molecular weight excluding hydrogens is 392 g/mol. The zero-order valence-electron chi connectivity index (χ0n) is 15.6. The molecule has 0 amide bonds. The van der Waals surface area contributed by atoms with E-state index in [0.29, 0.717) is 0 Å². The van der Waals surface area contributed by atoms with Gasteiger partial charge >= 0.3 is 0 Å². The standard InChI is InChI=1S/C19H23F2NO3S2/c1-18(2,3)26(23)22-19(4,14-10-12-15(20)13-11-14)17(21)27(24,25)16-8-6-5-7-9-16/h5-13,17,22H,1-4H3/t17-,19+,26+/m0/s1. The van der Waals surface area contributed by atoms with Crippen LogP contribution in [-0.2, 0) is 26.4 Å². The summed E-state index contributed by atoms with van der Waals surface area (Å²) in [5, 5.41) is 0. The Bertz CT molecular complexity index is 910. The molecule has 0 aromatic heterocycles. The molecule has 0 aliphatic carbocycles. The van der Waals surface area contributed by atoms with E-state index >= 15 is 4.39 Å². The normalized spacial score (nSPS) is 17.1. The molecule has 0 fully saturated rings. The van der Waals surface area contributed by atoms with Gasteiger partial charge in [-0.05, 0) is 57.5 Å². The van der Waals surface area contributed by atoms with Gasteiger partial charge in [0.2, 0.25) is 15.3 Å². The lowest BCUT2D eigenvalue weighted by Crippen LogP contribution is -2.54. The average Bonchev–Trinajstić information content (AvgIpc) is 2.61. The van der Waals surface area contributed by atoms with Gasteiger partial charge in [0.05, 0.1) is 26.2 Å². The predicted molar refractivity (Wildman–Crippen MR) is 103 cm³/mol. The minimum Gasteiger partial charge on any atom is -0.242 e. The van der Waals surface area contributed by atoms with Gasteiger partial charge in [0.25, 0.3) is 0 Å². The molecule has 0 saturated carbocycles. The predicted octanol–water partition coefficient (Wildman–Crippen LogP) is 3.86.